The average molecular weight is 263 g/mol. The maximum atomic E-state index is 10.2. The van der Waals surface area contributed by atoms with Crippen molar-refractivity contribution in [1.82, 2.24) is 5.32 Å². The number of hydrogen-bond acceptors (Lipinski definition) is 3. The molecule has 0 aliphatic carbocycles. The van der Waals surface area contributed by atoms with Gasteiger partial charge in [-0.15, -0.1) is 0 Å². The standard InChI is InChI=1S/C11H16Cl2N2O/c1-15-9(5-6-14)11(16)10-7(12)3-2-4-8(10)13/h2-4,9,11,15-16H,5-6,14H2,1H3. The smallest absolute Gasteiger partial charge is 0.0972 e. The van der Waals surface area contributed by atoms with E-state index in [-0.39, 0.29) is 6.04 Å². The van der Waals surface area contributed by atoms with E-state index in [1.807, 2.05) is 0 Å². The van der Waals surface area contributed by atoms with Crippen LogP contribution in [-0.4, -0.2) is 24.7 Å². The van der Waals surface area contributed by atoms with Gasteiger partial charge in [-0.2, -0.15) is 0 Å². The summed E-state index contributed by atoms with van der Waals surface area (Å²) in [5, 5.41) is 14.1. The lowest BCUT2D eigenvalue weighted by Gasteiger charge is -2.23. The molecule has 1 aromatic rings. The zero-order valence-electron chi connectivity index (χ0n) is 9.08. The molecule has 1 aromatic carbocycles. The lowest BCUT2D eigenvalue weighted by atomic mass is 10.00. The van der Waals surface area contributed by atoms with E-state index in [0.717, 1.165) is 0 Å². The molecule has 16 heavy (non-hydrogen) atoms. The van der Waals surface area contributed by atoms with Gasteiger partial charge in [0.05, 0.1) is 6.10 Å². The third-order valence-electron chi connectivity index (χ3n) is 2.53. The van der Waals surface area contributed by atoms with Crippen LogP contribution < -0.4 is 11.1 Å². The first-order chi connectivity index (χ1) is 7.61. The number of nitrogens with one attached hydrogen (secondary N) is 1. The van der Waals surface area contributed by atoms with Crippen LogP contribution in [0, 0.1) is 0 Å². The molecule has 0 aromatic heterocycles. The van der Waals surface area contributed by atoms with Gasteiger partial charge in [-0.1, -0.05) is 29.3 Å². The quantitative estimate of drug-likeness (QED) is 0.761. The molecule has 0 spiro atoms. The molecule has 2 unspecified atom stereocenters. The number of halogens is 2. The fourth-order valence-electron chi connectivity index (χ4n) is 1.63. The molecule has 1 rings (SSSR count). The molecule has 0 heterocycles. The molecule has 0 bridgehead atoms. The van der Waals surface area contributed by atoms with Crippen molar-refractivity contribution in [3.8, 4) is 0 Å². The minimum absolute atomic E-state index is 0.151. The van der Waals surface area contributed by atoms with Crippen LogP contribution in [0.4, 0.5) is 0 Å². The van der Waals surface area contributed by atoms with Crippen LogP contribution in [0.25, 0.3) is 0 Å². The van der Waals surface area contributed by atoms with E-state index in [9.17, 15) is 5.11 Å². The Hall–Kier alpha value is -0.320. The maximum Gasteiger partial charge on any atom is 0.0972 e. The monoisotopic (exact) mass is 262 g/mol. The minimum Gasteiger partial charge on any atom is -0.387 e. The predicted octanol–water partition coefficient (Wildman–Crippen LogP) is 1.96. The van der Waals surface area contributed by atoms with Crippen LogP contribution in [-0.2, 0) is 0 Å². The maximum absolute atomic E-state index is 10.2. The molecule has 0 fully saturated rings. The van der Waals surface area contributed by atoms with Crippen LogP contribution in [0.1, 0.15) is 18.1 Å². The number of hydrogen-bond donors (Lipinski definition) is 3. The molecule has 5 heteroatoms. The summed E-state index contributed by atoms with van der Waals surface area (Å²) in [6.07, 6.45) is -0.103. The van der Waals surface area contributed by atoms with Crippen molar-refractivity contribution in [2.24, 2.45) is 5.73 Å². The van der Waals surface area contributed by atoms with E-state index in [1.54, 1.807) is 25.2 Å². The molecule has 2 atom stereocenters. The lowest BCUT2D eigenvalue weighted by molar-refractivity contribution is 0.129. The Bertz CT molecular complexity index is 327. The number of rotatable bonds is 5. The fourth-order valence-corrected chi connectivity index (χ4v) is 2.26. The number of likely N-dealkylation sites (N-methyl/N-ethyl adjacent to an activating group) is 1. The second kappa shape index (κ2) is 6.42. The van der Waals surface area contributed by atoms with Crippen molar-refractivity contribution in [2.45, 2.75) is 18.6 Å². The van der Waals surface area contributed by atoms with Gasteiger partial charge in [0.15, 0.2) is 0 Å². The summed E-state index contributed by atoms with van der Waals surface area (Å²) in [7, 11) is 1.77. The Balaban J connectivity index is 2.98. The number of benzene rings is 1. The molecule has 90 valence electrons. The van der Waals surface area contributed by atoms with E-state index in [1.165, 1.54) is 0 Å². The number of aliphatic hydroxyl groups excluding tert-OH is 1. The molecule has 0 aliphatic rings. The largest absolute Gasteiger partial charge is 0.387 e. The summed E-state index contributed by atoms with van der Waals surface area (Å²) < 4.78 is 0. The topological polar surface area (TPSA) is 58.3 Å². The first-order valence-corrected chi connectivity index (χ1v) is 5.86. The third kappa shape index (κ3) is 3.09. The van der Waals surface area contributed by atoms with Gasteiger partial charge in [0.2, 0.25) is 0 Å². The molecule has 3 nitrogen and oxygen atoms in total. The Morgan fingerprint density at radius 2 is 1.94 bits per heavy atom. The molecule has 4 N–H and O–H groups in total. The fraction of sp³-hybridized carbons (Fsp3) is 0.455. The van der Waals surface area contributed by atoms with Crippen LogP contribution in [0.3, 0.4) is 0 Å². The molecule has 0 saturated heterocycles. The normalized spacial score (nSPS) is 14.8. The summed E-state index contributed by atoms with van der Waals surface area (Å²) in [6.45, 7) is 0.491. The SMILES string of the molecule is CNC(CCN)C(O)c1c(Cl)cccc1Cl. The van der Waals surface area contributed by atoms with Crippen LogP contribution >= 0.6 is 23.2 Å². The second-order valence-corrected chi connectivity index (χ2v) is 4.37. The van der Waals surface area contributed by atoms with Gasteiger partial charge in [-0.3, -0.25) is 0 Å². The molecular weight excluding hydrogens is 247 g/mol. The highest BCUT2D eigenvalue weighted by Crippen LogP contribution is 2.32. The van der Waals surface area contributed by atoms with E-state index in [0.29, 0.717) is 28.6 Å². The summed E-state index contributed by atoms with van der Waals surface area (Å²) in [5.41, 5.74) is 6.03. The van der Waals surface area contributed by atoms with E-state index in [4.69, 9.17) is 28.9 Å². The Labute approximate surface area is 106 Å². The molecule has 0 radical (unpaired) electrons. The van der Waals surface area contributed by atoms with Crippen molar-refractivity contribution < 1.29 is 5.11 Å². The zero-order valence-corrected chi connectivity index (χ0v) is 10.6. The van der Waals surface area contributed by atoms with Crippen molar-refractivity contribution in [3.63, 3.8) is 0 Å². The van der Waals surface area contributed by atoms with Gasteiger partial charge in [0, 0.05) is 21.7 Å². The van der Waals surface area contributed by atoms with Crippen molar-refractivity contribution >= 4 is 23.2 Å². The van der Waals surface area contributed by atoms with Gasteiger partial charge in [0.1, 0.15) is 0 Å². The second-order valence-electron chi connectivity index (χ2n) is 3.55. The zero-order chi connectivity index (χ0) is 12.1. The molecule has 0 aliphatic heterocycles. The van der Waals surface area contributed by atoms with E-state index >= 15 is 0 Å². The predicted molar refractivity (Wildman–Crippen MR) is 67.9 cm³/mol. The van der Waals surface area contributed by atoms with E-state index in [2.05, 4.69) is 5.32 Å². The summed E-state index contributed by atoms with van der Waals surface area (Å²) >= 11 is 12.0. The highest BCUT2D eigenvalue weighted by atomic mass is 35.5. The van der Waals surface area contributed by atoms with Crippen molar-refractivity contribution in [2.75, 3.05) is 13.6 Å². The summed E-state index contributed by atoms with van der Waals surface area (Å²) in [5.74, 6) is 0. The summed E-state index contributed by atoms with van der Waals surface area (Å²) in [4.78, 5) is 0. The highest BCUT2D eigenvalue weighted by molar-refractivity contribution is 6.36. The Morgan fingerprint density at radius 1 is 1.38 bits per heavy atom. The molecule has 0 saturated carbocycles. The van der Waals surface area contributed by atoms with Gasteiger partial charge in [-0.05, 0) is 32.1 Å². The van der Waals surface area contributed by atoms with E-state index < -0.39 is 6.10 Å². The van der Waals surface area contributed by atoms with Gasteiger partial charge in [0.25, 0.3) is 0 Å². The lowest BCUT2D eigenvalue weighted by Crippen LogP contribution is -2.34. The van der Waals surface area contributed by atoms with Crippen molar-refractivity contribution in [3.05, 3.63) is 33.8 Å². The number of nitrogens with two attached hydrogens (primary N) is 1. The van der Waals surface area contributed by atoms with Gasteiger partial charge in [-0.25, -0.2) is 0 Å². The van der Waals surface area contributed by atoms with Crippen LogP contribution in [0.15, 0.2) is 18.2 Å². The molecule has 0 amide bonds. The first-order valence-electron chi connectivity index (χ1n) is 5.11. The van der Waals surface area contributed by atoms with Crippen molar-refractivity contribution in [1.29, 1.82) is 0 Å². The average Bonchev–Trinajstić information content (AvgIpc) is 2.25. The van der Waals surface area contributed by atoms with Crippen LogP contribution in [0.5, 0.6) is 0 Å². The summed E-state index contributed by atoms with van der Waals surface area (Å²) in [6, 6.07) is 5.02. The number of aliphatic hydroxyl groups is 1. The third-order valence-corrected chi connectivity index (χ3v) is 3.18. The molecular formula is C11H16Cl2N2O. The minimum atomic E-state index is -0.755. The first kappa shape index (κ1) is 13.7. The highest BCUT2D eigenvalue weighted by Gasteiger charge is 2.23. The van der Waals surface area contributed by atoms with Gasteiger partial charge < -0.3 is 16.2 Å². The van der Waals surface area contributed by atoms with Crippen LogP contribution in [0.2, 0.25) is 10.0 Å². The Morgan fingerprint density at radius 3 is 2.38 bits per heavy atom. The van der Waals surface area contributed by atoms with Gasteiger partial charge >= 0.3 is 0 Å². The Kier molecular flexibility index (Phi) is 5.52.